The van der Waals surface area contributed by atoms with Crippen LogP contribution in [0.25, 0.3) is 11.3 Å². The highest BCUT2D eigenvalue weighted by Gasteiger charge is 2.20. The maximum Gasteiger partial charge on any atom is 0.343 e. The Morgan fingerprint density at radius 2 is 1.89 bits per heavy atom. The van der Waals surface area contributed by atoms with Crippen LogP contribution in [-0.2, 0) is 4.74 Å². The summed E-state index contributed by atoms with van der Waals surface area (Å²) in [6, 6.07) is 3.60. The Balaban J connectivity index is 2.54. The van der Waals surface area contributed by atoms with E-state index in [4.69, 9.17) is 0 Å². The SMILES string of the molecule is COC(=O)c1c(F)cc(-c2ccnc(C)n2)cc1F. The van der Waals surface area contributed by atoms with E-state index in [1.807, 2.05) is 0 Å². The molecule has 0 aliphatic heterocycles. The summed E-state index contributed by atoms with van der Waals surface area (Å²) in [4.78, 5) is 19.2. The molecule has 4 nitrogen and oxygen atoms in total. The van der Waals surface area contributed by atoms with Crippen molar-refractivity contribution in [3.05, 3.63) is 47.4 Å². The summed E-state index contributed by atoms with van der Waals surface area (Å²) in [7, 11) is 1.06. The second-order valence-corrected chi connectivity index (χ2v) is 3.80. The molecular formula is C13H10F2N2O2. The molecule has 0 atom stereocenters. The van der Waals surface area contributed by atoms with Crippen molar-refractivity contribution < 1.29 is 18.3 Å². The highest BCUT2D eigenvalue weighted by Crippen LogP contribution is 2.23. The van der Waals surface area contributed by atoms with Crippen molar-refractivity contribution in [2.45, 2.75) is 6.92 Å². The number of halogens is 2. The predicted molar refractivity (Wildman–Crippen MR) is 63.5 cm³/mol. The van der Waals surface area contributed by atoms with Gasteiger partial charge in [0.05, 0.1) is 12.8 Å². The second-order valence-electron chi connectivity index (χ2n) is 3.80. The molecule has 19 heavy (non-hydrogen) atoms. The first-order valence-electron chi connectivity index (χ1n) is 5.40. The number of carbonyl (C=O) groups is 1. The van der Waals surface area contributed by atoms with Crippen molar-refractivity contribution >= 4 is 5.97 Å². The van der Waals surface area contributed by atoms with Crippen molar-refractivity contribution in [1.82, 2.24) is 9.97 Å². The second kappa shape index (κ2) is 5.09. The number of rotatable bonds is 2. The molecule has 0 amide bonds. The van der Waals surface area contributed by atoms with Crippen LogP contribution in [0.3, 0.4) is 0 Å². The Morgan fingerprint density at radius 3 is 2.42 bits per heavy atom. The van der Waals surface area contributed by atoms with Gasteiger partial charge in [0, 0.05) is 11.8 Å². The lowest BCUT2D eigenvalue weighted by molar-refractivity contribution is 0.0590. The Morgan fingerprint density at radius 1 is 1.26 bits per heavy atom. The van der Waals surface area contributed by atoms with Crippen LogP contribution < -0.4 is 0 Å². The van der Waals surface area contributed by atoms with Crippen LogP contribution in [-0.4, -0.2) is 23.0 Å². The minimum Gasteiger partial charge on any atom is -0.465 e. The van der Waals surface area contributed by atoms with E-state index in [1.54, 1.807) is 6.92 Å². The molecule has 6 heteroatoms. The molecule has 0 aliphatic rings. The fourth-order valence-corrected chi connectivity index (χ4v) is 1.64. The molecule has 98 valence electrons. The average Bonchev–Trinajstić information content (AvgIpc) is 2.37. The van der Waals surface area contributed by atoms with E-state index in [9.17, 15) is 13.6 Å². The average molecular weight is 264 g/mol. The van der Waals surface area contributed by atoms with E-state index >= 15 is 0 Å². The Hall–Kier alpha value is -2.37. The molecule has 0 bridgehead atoms. The van der Waals surface area contributed by atoms with E-state index in [1.165, 1.54) is 12.3 Å². The van der Waals surface area contributed by atoms with Gasteiger partial charge in [-0.3, -0.25) is 0 Å². The molecule has 0 saturated heterocycles. The number of methoxy groups -OCH3 is 1. The van der Waals surface area contributed by atoms with Crippen molar-refractivity contribution in [3.8, 4) is 11.3 Å². The van der Waals surface area contributed by atoms with E-state index in [0.717, 1.165) is 19.2 Å². The maximum absolute atomic E-state index is 13.8. The van der Waals surface area contributed by atoms with E-state index < -0.39 is 23.2 Å². The maximum atomic E-state index is 13.8. The minimum atomic E-state index is -1.06. The zero-order chi connectivity index (χ0) is 14.0. The summed E-state index contributed by atoms with van der Waals surface area (Å²) in [5.41, 5.74) is -0.105. The van der Waals surface area contributed by atoms with Crippen LogP contribution in [0.15, 0.2) is 24.4 Å². The fraction of sp³-hybridized carbons (Fsp3) is 0.154. The van der Waals surface area contributed by atoms with Crippen LogP contribution in [0.4, 0.5) is 8.78 Å². The molecule has 2 rings (SSSR count). The number of esters is 1. The summed E-state index contributed by atoms with van der Waals surface area (Å²) in [6.07, 6.45) is 1.49. The first-order valence-corrected chi connectivity index (χ1v) is 5.40. The number of nitrogens with zero attached hydrogens (tertiary/aromatic N) is 2. The lowest BCUT2D eigenvalue weighted by atomic mass is 10.1. The largest absolute Gasteiger partial charge is 0.465 e. The van der Waals surface area contributed by atoms with E-state index in [0.29, 0.717) is 11.5 Å². The third-order valence-corrected chi connectivity index (χ3v) is 2.50. The third kappa shape index (κ3) is 2.57. The van der Waals surface area contributed by atoms with Gasteiger partial charge < -0.3 is 4.74 Å². The van der Waals surface area contributed by atoms with Gasteiger partial charge in [0.15, 0.2) is 0 Å². The van der Waals surface area contributed by atoms with Gasteiger partial charge in [0.1, 0.15) is 23.0 Å². The molecular weight excluding hydrogens is 254 g/mol. The molecule has 1 heterocycles. The number of hydrogen-bond acceptors (Lipinski definition) is 4. The Labute approximate surface area is 108 Å². The molecule has 0 radical (unpaired) electrons. The number of aryl methyl sites for hydroxylation is 1. The van der Waals surface area contributed by atoms with Crippen LogP contribution >= 0.6 is 0 Å². The fourth-order valence-electron chi connectivity index (χ4n) is 1.64. The predicted octanol–water partition coefficient (Wildman–Crippen LogP) is 2.52. The molecule has 0 spiro atoms. The van der Waals surface area contributed by atoms with Gasteiger partial charge in [-0.1, -0.05) is 0 Å². The summed E-state index contributed by atoms with van der Waals surface area (Å²) in [5, 5.41) is 0. The molecule has 0 saturated carbocycles. The van der Waals surface area contributed by atoms with Gasteiger partial charge in [-0.05, 0) is 25.1 Å². The molecule has 1 aromatic carbocycles. The van der Waals surface area contributed by atoms with Crippen molar-refractivity contribution in [1.29, 1.82) is 0 Å². The molecule has 2 aromatic rings. The van der Waals surface area contributed by atoms with Gasteiger partial charge >= 0.3 is 5.97 Å². The van der Waals surface area contributed by atoms with E-state index in [2.05, 4.69) is 14.7 Å². The smallest absolute Gasteiger partial charge is 0.343 e. The lowest BCUT2D eigenvalue weighted by Gasteiger charge is -2.06. The highest BCUT2D eigenvalue weighted by molar-refractivity contribution is 5.90. The molecule has 0 aliphatic carbocycles. The minimum absolute atomic E-state index is 0.230. The zero-order valence-electron chi connectivity index (χ0n) is 10.3. The standard InChI is InChI=1S/C13H10F2N2O2/c1-7-16-4-3-11(17-7)8-5-9(14)12(10(15)6-8)13(18)19-2/h3-6H,1-2H3. The van der Waals surface area contributed by atoms with Crippen molar-refractivity contribution in [2.75, 3.05) is 7.11 Å². The lowest BCUT2D eigenvalue weighted by Crippen LogP contribution is -2.08. The topological polar surface area (TPSA) is 52.1 Å². The first kappa shape index (κ1) is 13.1. The van der Waals surface area contributed by atoms with Crippen LogP contribution in [0, 0.1) is 18.6 Å². The Bertz CT molecular complexity index is 621. The van der Waals surface area contributed by atoms with Crippen LogP contribution in [0.5, 0.6) is 0 Å². The quantitative estimate of drug-likeness (QED) is 0.782. The van der Waals surface area contributed by atoms with Crippen molar-refractivity contribution in [2.24, 2.45) is 0 Å². The summed E-state index contributed by atoms with van der Waals surface area (Å²) >= 11 is 0. The van der Waals surface area contributed by atoms with Gasteiger partial charge in [0.25, 0.3) is 0 Å². The third-order valence-electron chi connectivity index (χ3n) is 2.50. The molecule has 0 fully saturated rings. The number of ether oxygens (including phenoxy) is 1. The van der Waals surface area contributed by atoms with Crippen LogP contribution in [0.1, 0.15) is 16.2 Å². The van der Waals surface area contributed by atoms with Gasteiger partial charge in [-0.2, -0.15) is 0 Å². The number of hydrogen-bond donors (Lipinski definition) is 0. The summed E-state index contributed by atoms with van der Waals surface area (Å²) in [6.45, 7) is 1.67. The highest BCUT2D eigenvalue weighted by atomic mass is 19.1. The molecule has 0 N–H and O–H groups in total. The molecule has 0 unspecified atom stereocenters. The summed E-state index contributed by atoms with van der Waals surface area (Å²) < 4.78 is 31.8. The normalized spacial score (nSPS) is 10.3. The Kier molecular flexibility index (Phi) is 3.50. The number of benzene rings is 1. The van der Waals surface area contributed by atoms with Gasteiger partial charge in [-0.15, -0.1) is 0 Å². The molecule has 1 aromatic heterocycles. The monoisotopic (exact) mass is 264 g/mol. The number of aromatic nitrogens is 2. The van der Waals surface area contributed by atoms with E-state index in [-0.39, 0.29) is 5.56 Å². The first-order chi connectivity index (χ1) is 9.02. The van der Waals surface area contributed by atoms with Gasteiger partial charge in [0.2, 0.25) is 0 Å². The van der Waals surface area contributed by atoms with Gasteiger partial charge in [-0.25, -0.2) is 23.5 Å². The van der Waals surface area contributed by atoms with Crippen LogP contribution in [0.2, 0.25) is 0 Å². The zero-order valence-corrected chi connectivity index (χ0v) is 10.3. The summed E-state index contributed by atoms with van der Waals surface area (Å²) in [5.74, 6) is -2.55. The van der Waals surface area contributed by atoms with Crippen molar-refractivity contribution in [3.63, 3.8) is 0 Å². The number of carbonyl (C=O) groups excluding carboxylic acids is 1.